The molecule has 2 heterocycles. The van der Waals surface area contributed by atoms with E-state index in [-0.39, 0.29) is 11.8 Å². The Kier molecular flexibility index (Phi) is 3.55. The largest absolute Gasteiger partial charge is 0.424 e. The third-order valence-electron chi connectivity index (χ3n) is 5.44. The van der Waals surface area contributed by atoms with Gasteiger partial charge < -0.3 is 9.72 Å². The van der Waals surface area contributed by atoms with Gasteiger partial charge in [-0.15, -0.1) is 0 Å². The Labute approximate surface area is 166 Å². The predicted molar refractivity (Wildman–Crippen MR) is 107 cm³/mol. The number of benzene rings is 2. The number of carbonyl (C=O) groups excluding carboxylic acids is 1. The van der Waals surface area contributed by atoms with Gasteiger partial charge in [-0.3, -0.25) is 4.79 Å². The average Bonchev–Trinajstić information content (AvgIpc) is 3.13. The minimum Gasteiger partial charge on any atom is -0.424 e. The molecule has 0 atom stereocenters. The second kappa shape index (κ2) is 6.01. The van der Waals surface area contributed by atoms with Crippen molar-refractivity contribution in [3.63, 3.8) is 0 Å². The molecule has 0 aliphatic heterocycles. The van der Waals surface area contributed by atoms with Crippen LogP contribution in [0.5, 0.6) is 11.8 Å². The smallest absolute Gasteiger partial charge is 0.321 e. The van der Waals surface area contributed by atoms with Crippen LogP contribution < -0.4 is 4.74 Å². The van der Waals surface area contributed by atoms with E-state index in [1.165, 1.54) is 0 Å². The zero-order valence-electron chi connectivity index (χ0n) is 15.9. The van der Waals surface area contributed by atoms with Gasteiger partial charge in [0, 0.05) is 40.0 Å². The Balaban J connectivity index is 1.66. The summed E-state index contributed by atoms with van der Waals surface area (Å²) in [5, 5.41) is 10.0. The van der Waals surface area contributed by atoms with Crippen LogP contribution in [0.1, 0.15) is 46.6 Å². The summed E-state index contributed by atoms with van der Waals surface area (Å²) in [5.41, 5.74) is 3.91. The number of hydrogen-bond acceptors (Lipinski definition) is 5. The molecule has 0 fully saturated rings. The van der Waals surface area contributed by atoms with Crippen LogP contribution in [0.4, 0.5) is 0 Å². The van der Waals surface area contributed by atoms with Crippen LogP contribution in [0.25, 0.3) is 10.9 Å². The first-order valence-corrected chi connectivity index (χ1v) is 9.19. The van der Waals surface area contributed by atoms with Crippen molar-refractivity contribution in [2.24, 2.45) is 0 Å². The minimum atomic E-state index is -0.457. The molecule has 0 bridgehead atoms. The Morgan fingerprint density at radius 3 is 2.66 bits per heavy atom. The Morgan fingerprint density at radius 1 is 1.10 bits per heavy atom. The van der Waals surface area contributed by atoms with E-state index < -0.39 is 5.41 Å². The van der Waals surface area contributed by atoms with Crippen LogP contribution in [0.3, 0.4) is 0 Å². The summed E-state index contributed by atoms with van der Waals surface area (Å²) in [5.74, 6) is 0.537. The second-order valence-corrected chi connectivity index (χ2v) is 7.54. The number of ether oxygens (including phenoxy) is 1. The van der Waals surface area contributed by atoms with Crippen molar-refractivity contribution >= 4 is 16.7 Å². The van der Waals surface area contributed by atoms with Crippen LogP contribution in [0.15, 0.2) is 54.9 Å². The summed E-state index contributed by atoms with van der Waals surface area (Å²) in [6.07, 6.45) is 3.22. The zero-order valence-corrected chi connectivity index (χ0v) is 15.9. The number of nitrogens with zero attached hydrogens (tertiary/aromatic N) is 3. The monoisotopic (exact) mass is 380 g/mol. The summed E-state index contributed by atoms with van der Waals surface area (Å²) in [6.45, 7) is 4.14. The Morgan fingerprint density at radius 2 is 1.90 bits per heavy atom. The molecule has 4 aromatic rings. The zero-order chi connectivity index (χ0) is 20.2. The standard InChI is InChI=1S/C23H16N4O2/c1-23(2)17-11-14(29-22-25-8-3-9-26-22)5-7-15(17)20(28)19-16-6-4-13(12-24)10-18(16)27-21(19)23/h3-11,27H,1-2H3. The molecule has 29 heavy (non-hydrogen) atoms. The van der Waals surface area contributed by atoms with E-state index >= 15 is 0 Å². The maximum atomic E-state index is 13.3. The number of aromatic nitrogens is 3. The van der Waals surface area contributed by atoms with Crippen molar-refractivity contribution in [1.29, 1.82) is 5.26 Å². The van der Waals surface area contributed by atoms with Gasteiger partial charge in [-0.25, -0.2) is 9.97 Å². The molecule has 6 nitrogen and oxygen atoms in total. The molecule has 5 rings (SSSR count). The fraction of sp³-hybridized carbons (Fsp3) is 0.130. The quantitative estimate of drug-likeness (QED) is 0.553. The van der Waals surface area contributed by atoms with Crippen LogP contribution in [0.2, 0.25) is 0 Å². The van der Waals surface area contributed by atoms with Crippen molar-refractivity contribution in [2.45, 2.75) is 19.3 Å². The first-order valence-electron chi connectivity index (χ1n) is 9.19. The van der Waals surface area contributed by atoms with Gasteiger partial charge in [-0.2, -0.15) is 5.26 Å². The molecular formula is C23H16N4O2. The molecule has 140 valence electrons. The number of rotatable bonds is 2. The number of carbonyl (C=O) groups is 1. The van der Waals surface area contributed by atoms with Gasteiger partial charge >= 0.3 is 6.01 Å². The fourth-order valence-electron chi connectivity index (χ4n) is 3.99. The van der Waals surface area contributed by atoms with E-state index in [9.17, 15) is 10.1 Å². The van der Waals surface area contributed by atoms with E-state index in [1.807, 2.05) is 12.1 Å². The number of nitrogens with one attached hydrogen (secondary N) is 1. The van der Waals surface area contributed by atoms with Crippen LogP contribution in [0, 0.1) is 11.3 Å². The van der Waals surface area contributed by atoms with E-state index in [2.05, 4.69) is 34.9 Å². The van der Waals surface area contributed by atoms with Gasteiger partial charge in [0.2, 0.25) is 0 Å². The lowest BCUT2D eigenvalue weighted by atomic mass is 9.71. The summed E-state index contributed by atoms with van der Waals surface area (Å²) in [6, 6.07) is 14.9. The number of fused-ring (bicyclic) bond motifs is 4. The van der Waals surface area contributed by atoms with Gasteiger partial charge in [-0.1, -0.05) is 19.9 Å². The number of H-pyrrole nitrogens is 1. The van der Waals surface area contributed by atoms with Crippen molar-refractivity contribution < 1.29 is 9.53 Å². The third-order valence-corrected chi connectivity index (χ3v) is 5.44. The maximum Gasteiger partial charge on any atom is 0.321 e. The van der Waals surface area contributed by atoms with Gasteiger partial charge in [0.1, 0.15) is 5.75 Å². The van der Waals surface area contributed by atoms with Crippen molar-refractivity contribution in [3.05, 3.63) is 82.8 Å². The van der Waals surface area contributed by atoms with Gasteiger partial charge in [0.15, 0.2) is 5.78 Å². The van der Waals surface area contributed by atoms with E-state index in [4.69, 9.17) is 4.74 Å². The van der Waals surface area contributed by atoms with Gasteiger partial charge in [0.05, 0.1) is 17.2 Å². The predicted octanol–water partition coefficient (Wildman–Crippen LogP) is 4.49. The average molecular weight is 380 g/mol. The molecular weight excluding hydrogens is 364 g/mol. The number of ketones is 1. The topological polar surface area (TPSA) is 91.7 Å². The summed E-state index contributed by atoms with van der Waals surface area (Å²) < 4.78 is 5.77. The molecule has 0 unspecified atom stereocenters. The van der Waals surface area contributed by atoms with Crippen molar-refractivity contribution in [3.8, 4) is 17.8 Å². The lowest BCUT2D eigenvalue weighted by Gasteiger charge is -2.32. The maximum absolute atomic E-state index is 13.3. The molecule has 1 aliphatic carbocycles. The second-order valence-electron chi connectivity index (χ2n) is 7.54. The normalized spacial score (nSPS) is 14.2. The van der Waals surface area contributed by atoms with E-state index in [0.717, 1.165) is 22.2 Å². The molecule has 0 saturated heterocycles. The van der Waals surface area contributed by atoms with Crippen LogP contribution in [-0.4, -0.2) is 20.7 Å². The SMILES string of the molecule is CC1(C)c2cc(Oc3ncccn3)ccc2C(=O)c2c1[nH]c1cc(C#N)ccc21. The highest BCUT2D eigenvalue weighted by molar-refractivity contribution is 6.20. The summed E-state index contributed by atoms with van der Waals surface area (Å²) in [4.78, 5) is 24.9. The number of nitriles is 1. The molecule has 0 amide bonds. The van der Waals surface area contributed by atoms with Crippen molar-refractivity contribution in [2.75, 3.05) is 0 Å². The number of hydrogen-bond donors (Lipinski definition) is 1. The Hall–Kier alpha value is -3.98. The van der Waals surface area contributed by atoms with Gasteiger partial charge in [0.25, 0.3) is 0 Å². The van der Waals surface area contributed by atoms with Crippen molar-refractivity contribution in [1.82, 2.24) is 15.0 Å². The lowest BCUT2D eigenvalue weighted by molar-refractivity contribution is 0.103. The first kappa shape index (κ1) is 17.1. The first-order chi connectivity index (χ1) is 14.0. The van der Waals surface area contributed by atoms with Crippen LogP contribution in [-0.2, 0) is 5.41 Å². The molecule has 2 aromatic heterocycles. The van der Waals surface area contributed by atoms with Gasteiger partial charge in [-0.05, 0) is 42.0 Å². The summed E-state index contributed by atoms with van der Waals surface area (Å²) >= 11 is 0. The molecule has 6 heteroatoms. The highest BCUT2D eigenvalue weighted by Crippen LogP contribution is 2.44. The summed E-state index contributed by atoms with van der Waals surface area (Å²) in [7, 11) is 0. The van der Waals surface area contributed by atoms with Crippen LogP contribution >= 0.6 is 0 Å². The molecule has 1 N–H and O–H groups in total. The minimum absolute atomic E-state index is 0.0345. The van der Waals surface area contributed by atoms with E-state index in [0.29, 0.717) is 22.4 Å². The Bertz CT molecular complexity index is 1330. The lowest BCUT2D eigenvalue weighted by Crippen LogP contribution is -2.30. The molecule has 0 spiro atoms. The molecule has 0 radical (unpaired) electrons. The highest BCUT2D eigenvalue weighted by Gasteiger charge is 2.39. The molecule has 1 aliphatic rings. The molecule has 0 saturated carbocycles. The third kappa shape index (κ3) is 2.52. The fourth-order valence-corrected chi connectivity index (χ4v) is 3.99. The number of aromatic amines is 1. The highest BCUT2D eigenvalue weighted by atomic mass is 16.5. The molecule has 2 aromatic carbocycles. The van der Waals surface area contributed by atoms with E-state index in [1.54, 1.807) is 42.7 Å².